The van der Waals surface area contributed by atoms with Gasteiger partial charge in [-0.2, -0.15) is 0 Å². The Morgan fingerprint density at radius 1 is 1.07 bits per heavy atom. The Bertz CT molecular complexity index is 273. The molecule has 1 aliphatic rings. The molecule has 14 heavy (non-hydrogen) atoms. The molecule has 0 radical (unpaired) electrons. The molecule has 2 atom stereocenters. The molecule has 1 aromatic carbocycles. The van der Waals surface area contributed by atoms with Gasteiger partial charge in [0, 0.05) is 0 Å². The van der Waals surface area contributed by atoms with E-state index < -0.39 is 0 Å². The summed E-state index contributed by atoms with van der Waals surface area (Å²) in [5, 5.41) is 0. The molecule has 0 amide bonds. The monoisotopic (exact) mass is 255 g/mol. The first kappa shape index (κ1) is 10.2. The first-order valence-corrected chi connectivity index (χ1v) is 7.18. The van der Waals surface area contributed by atoms with Crippen molar-refractivity contribution in [3.8, 4) is 0 Å². The fourth-order valence-corrected chi connectivity index (χ4v) is 4.59. The Kier molecular flexibility index (Phi) is 3.63. The van der Waals surface area contributed by atoms with Crippen molar-refractivity contribution >= 4 is 19.4 Å². The predicted molar refractivity (Wildman–Crippen MR) is 62.0 cm³/mol. The third-order valence-corrected chi connectivity index (χ3v) is 5.79. The zero-order chi connectivity index (χ0) is 9.80. The van der Waals surface area contributed by atoms with Gasteiger partial charge >= 0.3 is 92.0 Å². The van der Waals surface area contributed by atoms with Crippen LogP contribution in [0.3, 0.4) is 0 Å². The summed E-state index contributed by atoms with van der Waals surface area (Å²) >= 11 is 0.584. The maximum atomic E-state index is 6.14. The van der Waals surface area contributed by atoms with Crippen LogP contribution in [0.25, 0.3) is 0 Å². The van der Waals surface area contributed by atoms with Gasteiger partial charge in [-0.1, -0.05) is 0 Å². The van der Waals surface area contributed by atoms with E-state index in [2.05, 4.69) is 30.3 Å². The van der Waals surface area contributed by atoms with Gasteiger partial charge < -0.3 is 0 Å². The molecule has 2 unspecified atom stereocenters. The summed E-state index contributed by atoms with van der Waals surface area (Å²) in [5.41, 5.74) is 6.14. The van der Waals surface area contributed by atoms with Crippen LogP contribution in [0.15, 0.2) is 30.3 Å². The first-order chi connectivity index (χ1) is 6.86. The summed E-state index contributed by atoms with van der Waals surface area (Å²) in [6.45, 7) is 0. The molecule has 0 saturated heterocycles. The molecule has 76 valence electrons. The number of rotatable bonds is 2. The molecule has 2 N–H and O–H groups in total. The zero-order valence-electron chi connectivity index (χ0n) is 8.36. The SMILES string of the molecule is NC1CCCCC1[Se]c1ccccc1. The number of nitrogens with two attached hydrogens (primary N) is 1. The van der Waals surface area contributed by atoms with Crippen LogP contribution in [0.5, 0.6) is 0 Å². The second-order valence-electron chi connectivity index (χ2n) is 3.92. The minimum absolute atomic E-state index is 0.462. The number of hydrogen-bond donors (Lipinski definition) is 1. The van der Waals surface area contributed by atoms with E-state index in [1.807, 2.05) is 0 Å². The van der Waals surface area contributed by atoms with Crippen molar-refractivity contribution in [2.45, 2.75) is 36.5 Å². The van der Waals surface area contributed by atoms with Crippen molar-refractivity contribution in [1.82, 2.24) is 0 Å². The molecule has 1 saturated carbocycles. The Hall–Kier alpha value is -0.301. The molecule has 0 aromatic heterocycles. The fourth-order valence-electron chi connectivity index (χ4n) is 1.95. The van der Waals surface area contributed by atoms with E-state index in [0.29, 0.717) is 21.0 Å². The summed E-state index contributed by atoms with van der Waals surface area (Å²) in [4.78, 5) is 0.777. The topological polar surface area (TPSA) is 26.0 Å². The second-order valence-corrected chi connectivity index (χ2v) is 6.67. The molecular formula is C12H17NSe. The maximum absolute atomic E-state index is 6.14. The molecule has 0 heterocycles. The van der Waals surface area contributed by atoms with Crippen molar-refractivity contribution in [2.24, 2.45) is 5.73 Å². The second kappa shape index (κ2) is 4.97. The normalized spacial score (nSPS) is 27.5. The molecule has 1 nitrogen and oxygen atoms in total. The molecule has 0 bridgehead atoms. The summed E-state index contributed by atoms with van der Waals surface area (Å²) in [5.74, 6) is 0. The molecule has 0 aliphatic heterocycles. The van der Waals surface area contributed by atoms with Gasteiger partial charge in [0.15, 0.2) is 0 Å². The van der Waals surface area contributed by atoms with Gasteiger partial charge in [-0.3, -0.25) is 0 Å². The van der Waals surface area contributed by atoms with E-state index in [1.165, 1.54) is 30.1 Å². The van der Waals surface area contributed by atoms with Crippen LogP contribution >= 0.6 is 0 Å². The van der Waals surface area contributed by atoms with Crippen LogP contribution in [-0.4, -0.2) is 21.0 Å². The Balaban J connectivity index is 1.96. The van der Waals surface area contributed by atoms with Crippen LogP contribution in [-0.2, 0) is 0 Å². The average molecular weight is 254 g/mol. The third kappa shape index (κ3) is 2.60. The third-order valence-electron chi connectivity index (χ3n) is 2.78. The molecule has 1 aromatic rings. The van der Waals surface area contributed by atoms with E-state index in [9.17, 15) is 0 Å². The van der Waals surface area contributed by atoms with Gasteiger partial charge in [0.25, 0.3) is 0 Å². The first-order valence-electron chi connectivity index (χ1n) is 5.33. The van der Waals surface area contributed by atoms with Crippen molar-refractivity contribution < 1.29 is 0 Å². The van der Waals surface area contributed by atoms with Crippen LogP contribution in [0.2, 0.25) is 4.82 Å². The number of hydrogen-bond acceptors (Lipinski definition) is 1. The molecule has 0 spiro atoms. The van der Waals surface area contributed by atoms with Crippen molar-refractivity contribution in [3.63, 3.8) is 0 Å². The molecule has 2 rings (SSSR count). The Morgan fingerprint density at radius 2 is 1.79 bits per heavy atom. The zero-order valence-corrected chi connectivity index (χ0v) is 10.1. The summed E-state index contributed by atoms with van der Waals surface area (Å²) in [6, 6.07) is 11.3. The summed E-state index contributed by atoms with van der Waals surface area (Å²) in [7, 11) is 0. The summed E-state index contributed by atoms with van der Waals surface area (Å²) < 4.78 is 1.50. The minimum atomic E-state index is 0.462. The number of benzene rings is 1. The molecule has 2 heteroatoms. The summed E-state index contributed by atoms with van der Waals surface area (Å²) in [6.07, 6.45) is 5.30. The van der Waals surface area contributed by atoms with Crippen molar-refractivity contribution in [2.75, 3.05) is 0 Å². The van der Waals surface area contributed by atoms with Crippen LogP contribution in [0.1, 0.15) is 25.7 Å². The van der Waals surface area contributed by atoms with E-state index in [4.69, 9.17) is 5.73 Å². The van der Waals surface area contributed by atoms with Crippen LogP contribution < -0.4 is 10.2 Å². The van der Waals surface area contributed by atoms with E-state index >= 15 is 0 Å². The van der Waals surface area contributed by atoms with Gasteiger partial charge in [0.2, 0.25) is 0 Å². The van der Waals surface area contributed by atoms with E-state index in [1.54, 1.807) is 0 Å². The van der Waals surface area contributed by atoms with Gasteiger partial charge in [-0.25, -0.2) is 0 Å². The standard InChI is InChI=1S/C12H17NSe/c13-11-8-4-5-9-12(11)14-10-6-2-1-3-7-10/h1-3,6-7,11-12H,4-5,8-9,13H2. The van der Waals surface area contributed by atoms with E-state index in [-0.39, 0.29) is 0 Å². The van der Waals surface area contributed by atoms with E-state index in [0.717, 1.165) is 4.82 Å². The Labute approximate surface area is 92.2 Å². The van der Waals surface area contributed by atoms with Crippen LogP contribution in [0.4, 0.5) is 0 Å². The fraction of sp³-hybridized carbons (Fsp3) is 0.500. The van der Waals surface area contributed by atoms with Gasteiger partial charge in [0.1, 0.15) is 0 Å². The predicted octanol–water partition coefficient (Wildman–Crippen LogP) is 1.71. The quantitative estimate of drug-likeness (QED) is 0.799. The molecule has 1 fully saturated rings. The van der Waals surface area contributed by atoms with Crippen LogP contribution in [0, 0.1) is 0 Å². The van der Waals surface area contributed by atoms with Crippen molar-refractivity contribution in [3.05, 3.63) is 30.3 Å². The van der Waals surface area contributed by atoms with Gasteiger partial charge in [-0.05, 0) is 0 Å². The molecule has 1 aliphatic carbocycles. The van der Waals surface area contributed by atoms with Gasteiger partial charge in [0.05, 0.1) is 0 Å². The average Bonchev–Trinajstić information content (AvgIpc) is 2.23. The van der Waals surface area contributed by atoms with Gasteiger partial charge in [-0.15, -0.1) is 0 Å². The van der Waals surface area contributed by atoms with Crippen molar-refractivity contribution in [1.29, 1.82) is 0 Å². The Morgan fingerprint density at radius 3 is 2.50 bits per heavy atom. The molecular weight excluding hydrogens is 237 g/mol.